The molecule has 0 spiro atoms. The highest BCUT2D eigenvalue weighted by Gasteiger charge is 2.23. The molecule has 4 heteroatoms. The summed E-state index contributed by atoms with van der Waals surface area (Å²) >= 11 is 0. The summed E-state index contributed by atoms with van der Waals surface area (Å²) in [7, 11) is 0. The Labute approximate surface area is 132 Å². The molecule has 0 aromatic carbocycles. The molecule has 1 atom stereocenters. The summed E-state index contributed by atoms with van der Waals surface area (Å²) in [5.41, 5.74) is 0. The largest absolute Gasteiger partial charge is 0.454 e. The molecule has 0 saturated carbocycles. The Bertz CT molecular complexity index is 550. The van der Waals surface area contributed by atoms with Gasteiger partial charge < -0.3 is 9.32 Å². The molecule has 1 amide bonds. The van der Waals surface area contributed by atoms with E-state index in [4.69, 9.17) is 10.8 Å². The van der Waals surface area contributed by atoms with Crippen molar-refractivity contribution in [1.82, 2.24) is 9.80 Å². The summed E-state index contributed by atoms with van der Waals surface area (Å²) in [6, 6.07) is 3.83. The van der Waals surface area contributed by atoms with Crippen LogP contribution >= 0.6 is 0 Å². The van der Waals surface area contributed by atoms with E-state index in [1.165, 1.54) is 19.3 Å². The Morgan fingerprint density at radius 2 is 2.23 bits per heavy atom. The van der Waals surface area contributed by atoms with Crippen molar-refractivity contribution in [2.24, 2.45) is 0 Å². The fourth-order valence-electron chi connectivity index (χ4n) is 2.82. The predicted octanol–water partition coefficient (Wildman–Crippen LogP) is 3.09. The van der Waals surface area contributed by atoms with Gasteiger partial charge in [0.25, 0.3) is 5.91 Å². The van der Waals surface area contributed by atoms with Gasteiger partial charge in [-0.25, -0.2) is 0 Å². The van der Waals surface area contributed by atoms with Crippen LogP contribution in [0.3, 0.4) is 0 Å². The Morgan fingerprint density at radius 1 is 1.50 bits per heavy atom. The molecule has 0 aliphatic carbocycles. The highest BCUT2D eigenvalue weighted by atomic mass is 16.4. The van der Waals surface area contributed by atoms with Gasteiger partial charge in [0.05, 0.1) is 12.6 Å². The molecule has 4 nitrogen and oxygen atoms in total. The highest BCUT2D eigenvalue weighted by Crippen LogP contribution is 2.26. The molecule has 118 valence electrons. The van der Waals surface area contributed by atoms with Crippen LogP contribution in [0, 0.1) is 12.3 Å². The molecule has 1 aliphatic rings. The molecule has 2 heterocycles. The number of nitrogens with zero attached hydrogens (tertiary/aromatic N) is 2. The van der Waals surface area contributed by atoms with Crippen LogP contribution < -0.4 is 0 Å². The first kappa shape index (κ1) is 16.4. The van der Waals surface area contributed by atoms with Crippen LogP contribution in [0.1, 0.15) is 48.5 Å². The van der Waals surface area contributed by atoms with Crippen molar-refractivity contribution in [3.05, 3.63) is 36.3 Å². The Morgan fingerprint density at radius 3 is 2.86 bits per heavy atom. The zero-order chi connectivity index (χ0) is 15.9. The third-order valence-corrected chi connectivity index (χ3v) is 4.11. The molecule has 2 rings (SSSR count). The third-order valence-electron chi connectivity index (χ3n) is 4.11. The number of terminal acetylenes is 1. The molecule has 1 aromatic rings. The Kier molecular flexibility index (Phi) is 5.85. The average Bonchev–Trinajstić information content (AvgIpc) is 3.04. The second-order valence-electron chi connectivity index (χ2n) is 5.65. The second kappa shape index (κ2) is 7.86. The van der Waals surface area contributed by atoms with Gasteiger partial charge in [-0.2, -0.15) is 0 Å². The van der Waals surface area contributed by atoms with Crippen LogP contribution in [-0.4, -0.2) is 41.9 Å². The number of amides is 1. The lowest BCUT2D eigenvalue weighted by atomic mass is 10.1. The minimum atomic E-state index is -0.185. The van der Waals surface area contributed by atoms with Crippen molar-refractivity contribution in [3.63, 3.8) is 0 Å². The molecule has 1 aromatic heterocycles. The van der Waals surface area contributed by atoms with Gasteiger partial charge in [-0.1, -0.05) is 18.4 Å². The van der Waals surface area contributed by atoms with Crippen LogP contribution in [-0.2, 0) is 0 Å². The summed E-state index contributed by atoms with van der Waals surface area (Å²) in [6.07, 6.45) is 10.7. The maximum absolute atomic E-state index is 12.4. The van der Waals surface area contributed by atoms with E-state index in [1.54, 1.807) is 17.0 Å². The molecular formula is C18H24N2O2. The van der Waals surface area contributed by atoms with Crippen molar-refractivity contribution in [2.75, 3.05) is 26.2 Å². The number of furan rings is 1. The molecule has 0 bridgehead atoms. The SMILES string of the molecule is C#CCN(CC=C)C(=O)c1ccc(C(C)N2CCCCC2)o1. The van der Waals surface area contributed by atoms with Gasteiger partial charge in [0.1, 0.15) is 5.76 Å². The van der Waals surface area contributed by atoms with Crippen LogP contribution in [0.4, 0.5) is 0 Å². The fourth-order valence-corrected chi connectivity index (χ4v) is 2.82. The van der Waals surface area contributed by atoms with Crippen molar-refractivity contribution >= 4 is 5.91 Å². The number of piperidine rings is 1. The molecule has 1 fully saturated rings. The second-order valence-corrected chi connectivity index (χ2v) is 5.65. The average molecular weight is 300 g/mol. The molecular weight excluding hydrogens is 276 g/mol. The zero-order valence-electron chi connectivity index (χ0n) is 13.3. The van der Waals surface area contributed by atoms with Gasteiger partial charge in [-0.3, -0.25) is 9.69 Å². The third kappa shape index (κ3) is 3.80. The zero-order valence-corrected chi connectivity index (χ0v) is 13.3. The smallest absolute Gasteiger partial charge is 0.290 e. The number of likely N-dealkylation sites (tertiary alicyclic amines) is 1. The van der Waals surface area contributed by atoms with E-state index in [9.17, 15) is 4.79 Å². The normalized spacial score (nSPS) is 16.7. The molecule has 1 saturated heterocycles. The Hall–Kier alpha value is -1.99. The predicted molar refractivity (Wildman–Crippen MR) is 87.5 cm³/mol. The summed E-state index contributed by atoms with van der Waals surface area (Å²) in [5, 5.41) is 0. The van der Waals surface area contributed by atoms with E-state index in [2.05, 4.69) is 24.3 Å². The van der Waals surface area contributed by atoms with Crippen LogP contribution in [0.2, 0.25) is 0 Å². The minimum absolute atomic E-state index is 0.185. The minimum Gasteiger partial charge on any atom is -0.454 e. The maximum Gasteiger partial charge on any atom is 0.290 e. The van der Waals surface area contributed by atoms with E-state index in [1.807, 2.05) is 6.07 Å². The molecule has 0 radical (unpaired) electrons. The van der Waals surface area contributed by atoms with Gasteiger partial charge in [0.15, 0.2) is 5.76 Å². The van der Waals surface area contributed by atoms with E-state index >= 15 is 0 Å². The van der Waals surface area contributed by atoms with Crippen LogP contribution in [0.5, 0.6) is 0 Å². The first-order valence-corrected chi connectivity index (χ1v) is 7.84. The molecule has 0 N–H and O–H groups in total. The summed E-state index contributed by atoms with van der Waals surface area (Å²) in [5.74, 6) is 3.49. The summed E-state index contributed by atoms with van der Waals surface area (Å²) in [4.78, 5) is 16.4. The van der Waals surface area contributed by atoms with Crippen molar-refractivity contribution in [2.45, 2.75) is 32.2 Å². The van der Waals surface area contributed by atoms with Crippen molar-refractivity contribution in [3.8, 4) is 12.3 Å². The summed E-state index contributed by atoms with van der Waals surface area (Å²) < 4.78 is 5.80. The van der Waals surface area contributed by atoms with Gasteiger partial charge in [0.2, 0.25) is 0 Å². The van der Waals surface area contributed by atoms with Crippen molar-refractivity contribution in [1.29, 1.82) is 0 Å². The Balaban J connectivity index is 2.07. The lowest BCUT2D eigenvalue weighted by Gasteiger charge is -2.31. The van der Waals surface area contributed by atoms with Gasteiger partial charge in [-0.05, 0) is 45.0 Å². The van der Waals surface area contributed by atoms with Gasteiger partial charge in [0, 0.05) is 6.54 Å². The van der Waals surface area contributed by atoms with Crippen molar-refractivity contribution < 1.29 is 9.21 Å². The quantitative estimate of drug-likeness (QED) is 0.598. The van der Waals surface area contributed by atoms with Gasteiger partial charge in [-0.15, -0.1) is 13.0 Å². The molecule has 1 unspecified atom stereocenters. The number of hydrogen-bond donors (Lipinski definition) is 0. The monoisotopic (exact) mass is 300 g/mol. The standard InChI is InChI=1S/C18H24N2O2/c1-4-11-20(12-5-2)18(21)17-10-9-16(22-17)15(3)19-13-7-6-8-14-19/h1,5,9-10,15H,2,6-8,11-14H2,3H3. The first-order valence-electron chi connectivity index (χ1n) is 7.84. The van der Waals surface area contributed by atoms with E-state index < -0.39 is 0 Å². The van der Waals surface area contributed by atoms with Gasteiger partial charge >= 0.3 is 0 Å². The highest BCUT2D eigenvalue weighted by molar-refractivity contribution is 5.91. The number of rotatable bonds is 6. The van der Waals surface area contributed by atoms with E-state index in [0.717, 1.165) is 18.8 Å². The van der Waals surface area contributed by atoms with E-state index in [0.29, 0.717) is 12.3 Å². The number of carbonyl (C=O) groups excluding carboxylic acids is 1. The fraction of sp³-hybridized carbons (Fsp3) is 0.500. The van der Waals surface area contributed by atoms with Crippen LogP contribution in [0.25, 0.3) is 0 Å². The number of carbonyl (C=O) groups is 1. The maximum atomic E-state index is 12.4. The molecule has 1 aliphatic heterocycles. The molecule has 22 heavy (non-hydrogen) atoms. The number of hydrogen-bond acceptors (Lipinski definition) is 3. The summed E-state index contributed by atoms with van der Waals surface area (Å²) in [6.45, 7) is 8.63. The first-order chi connectivity index (χ1) is 10.7. The lowest BCUT2D eigenvalue weighted by Crippen LogP contribution is -2.32. The topological polar surface area (TPSA) is 36.7 Å². The lowest BCUT2D eigenvalue weighted by molar-refractivity contribution is 0.0753. The van der Waals surface area contributed by atoms with Crippen LogP contribution in [0.15, 0.2) is 29.2 Å². The van der Waals surface area contributed by atoms with E-state index in [-0.39, 0.29) is 18.5 Å².